The molecule has 0 aliphatic rings. The minimum atomic E-state index is -0.567. The average Bonchev–Trinajstić information content (AvgIpc) is 2.62. The molecule has 2 N–H and O–H groups in total. The molecule has 0 spiro atoms. The van der Waals surface area contributed by atoms with Crippen molar-refractivity contribution in [2.75, 3.05) is 10.6 Å². The van der Waals surface area contributed by atoms with Gasteiger partial charge in [0.2, 0.25) is 0 Å². The van der Waals surface area contributed by atoms with Gasteiger partial charge >= 0.3 is 0 Å². The molecule has 0 saturated carbocycles. The van der Waals surface area contributed by atoms with Gasteiger partial charge in [-0.3, -0.25) is 4.79 Å². The number of hydrogen-bond acceptors (Lipinski definition) is 2. The highest BCUT2D eigenvalue weighted by Crippen LogP contribution is 2.17. The van der Waals surface area contributed by atoms with Crippen LogP contribution >= 0.6 is 0 Å². The van der Waals surface area contributed by atoms with E-state index < -0.39 is 11.7 Å². The Balaban J connectivity index is 1.62. The van der Waals surface area contributed by atoms with E-state index in [1.165, 1.54) is 24.3 Å². The third-order valence-corrected chi connectivity index (χ3v) is 3.70. The quantitative estimate of drug-likeness (QED) is 0.700. The normalized spacial score (nSPS) is 10.3. The van der Waals surface area contributed by atoms with Crippen molar-refractivity contribution in [2.24, 2.45) is 0 Å². The van der Waals surface area contributed by atoms with Crippen LogP contribution in [0, 0.1) is 11.6 Å². The molecule has 0 heterocycles. The SMILES string of the molecule is O=C(Nc1ccc(NCc2ccccc2F)cc1)c1ccccc1F. The average molecular weight is 338 g/mol. The first kappa shape index (κ1) is 16.6. The molecule has 0 fully saturated rings. The summed E-state index contributed by atoms with van der Waals surface area (Å²) in [4.78, 5) is 12.1. The highest BCUT2D eigenvalue weighted by Gasteiger charge is 2.10. The van der Waals surface area contributed by atoms with E-state index in [-0.39, 0.29) is 11.4 Å². The summed E-state index contributed by atoms with van der Waals surface area (Å²) in [6.45, 7) is 0.355. The smallest absolute Gasteiger partial charge is 0.258 e. The Hall–Kier alpha value is -3.21. The lowest BCUT2D eigenvalue weighted by molar-refractivity contribution is 0.102. The fraction of sp³-hybridized carbons (Fsp3) is 0.0500. The summed E-state index contributed by atoms with van der Waals surface area (Å²) >= 11 is 0. The van der Waals surface area contributed by atoms with E-state index in [0.29, 0.717) is 17.8 Å². The maximum absolute atomic E-state index is 13.6. The van der Waals surface area contributed by atoms with Gasteiger partial charge in [-0.15, -0.1) is 0 Å². The molecule has 25 heavy (non-hydrogen) atoms. The topological polar surface area (TPSA) is 41.1 Å². The molecule has 0 aliphatic carbocycles. The second-order valence-corrected chi connectivity index (χ2v) is 5.46. The molecule has 0 bridgehead atoms. The molecule has 3 aromatic rings. The molecule has 3 aromatic carbocycles. The van der Waals surface area contributed by atoms with E-state index in [9.17, 15) is 13.6 Å². The molecule has 0 saturated heterocycles. The van der Waals surface area contributed by atoms with Crippen LogP contribution in [0.5, 0.6) is 0 Å². The van der Waals surface area contributed by atoms with E-state index >= 15 is 0 Å². The molecule has 3 nitrogen and oxygen atoms in total. The summed E-state index contributed by atoms with van der Waals surface area (Å²) in [7, 11) is 0. The van der Waals surface area contributed by atoms with E-state index in [1.54, 1.807) is 48.5 Å². The van der Waals surface area contributed by atoms with E-state index in [4.69, 9.17) is 0 Å². The van der Waals surface area contributed by atoms with Crippen molar-refractivity contribution in [1.82, 2.24) is 0 Å². The van der Waals surface area contributed by atoms with Gasteiger partial charge in [-0.05, 0) is 42.5 Å². The Labute approximate surface area is 144 Å². The maximum Gasteiger partial charge on any atom is 0.258 e. The number of hydrogen-bond donors (Lipinski definition) is 2. The number of halogens is 2. The van der Waals surface area contributed by atoms with Crippen molar-refractivity contribution >= 4 is 17.3 Å². The second-order valence-electron chi connectivity index (χ2n) is 5.46. The molecule has 5 heteroatoms. The number of carbonyl (C=O) groups excluding carboxylic acids is 1. The van der Waals surface area contributed by atoms with Crippen molar-refractivity contribution < 1.29 is 13.6 Å². The lowest BCUT2D eigenvalue weighted by atomic mass is 10.2. The number of amides is 1. The lowest BCUT2D eigenvalue weighted by Gasteiger charge is -2.09. The lowest BCUT2D eigenvalue weighted by Crippen LogP contribution is -2.13. The first-order chi connectivity index (χ1) is 12.1. The second kappa shape index (κ2) is 7.57. The summed E-state index contributed by atoms with van der Waals surface area (Å²) < 4.78 is 27.2. The molecular weight excluding hydrogens is 322 g/mol. The van der Waals surface area contributed by atoms with Crippen molar-refractivity contribution in [3.05, 3.63) is 95.6 Å². The number of carbonyl (C=O) groups is 1. The summed E-state index contributed by atoms with van der Waals surface area (Å²) in [5.41, 5.74) is 1.89. The predicted molar refractivity (Wildman–Crippen MR) is 94.5 cm³/mol. The van der Waals surface area contributed by atoms with Gasteiger partial charge in [0.25, 0.3) is 5.91 Å². The first-order valence-corrected chi connectivity index (χ1v) is 7.77. The van der Waals surface area contributed by atoms with Gasteiger partial charge in [0.1, 0.15) is 11.6 Å². The number of benzene rings is 3. The Bertz CT molecular complexity index is 879. The molecule has 0 unspecified atom stereocenters. The third-order valence-electron chi connectivity index (χ3n) is 3.70. The predicted octanol–water partition coefficient (Wildman–Crippen LogP) is 4.83. The maximum atomic E-state index is 13.6. The van der Waals surface area contributed by atoms with Gasteiger partial charge in [-0.1, -0.05) is 30.3 Å². The summed E-state index contributed by atoms with van der Waals surface area (Å²) in [5, 5.41) is 5.75. The summed E-state index contributed by atoms with van der Waals surface area (Å²) in [6, 6.07) is 19.3. The molecule has 0 radical (unpaired) electrons. The molecule has 0 atom stereocenters. The standard InChI is InChI=1S/C20H16F2N2O/c21-18-7-3-1-5-14(18)13-23-15-9-11-16(12-10-15)24-20(25)17-6-2-4-8-19(17)22/h1-12,23H,13H2,(H,24,25). The van der Waals surface area contributed by atoms with Crippen LogP contribution in [0.15, 0.2) is 72.8 Å². The van der Waals surface area contributed by atoms with Gasteiger partial charge in [0.15, 0.2) is 0 Å². The Morgan fingerprint density at radius 1 is 0.760 bits per heavy atom. The Morgan fingerprint density at radius 3 is 2.04 bits per heavy atom. The van der Waals surface area contributed by atoms with Gasteiger partial charge in [-0.25, -0.2) is 8.78 Å². The van der Waals surface area contributed by atoms with Gasteiger partial charge < -0.3 is 10.6 Å². The van der Waals surface area contributed by atoms with Crippen molar-refractivity contribution in [2.45, 2.75) is 6.54 Å². The van der Waals surface area contributed by atoms with E-state index in [2.05, 4.69) is 10.6 Å². The van der Waals surface area contributed by atoms with E-state index in [1.807, 2.05) is 0 Å². The van der Waals surface area contributed by atoms with Crippen LogP contribution in [0.3, 0.4) is 0 Å². The molecule has 0 aromatic heterocycles. The van der Waals surface area contributed by atoms with Crippen LogP contribution in [0.25, 0.3) is 0 Å². The molecule has 1 amide bonds. The molecule has 3 rings (SSSR count). The number of nitrogens with one attached hydrogen (secondary N) is 2. The van der Waals surface area contributed by atoms with Crippen molar-refractivity contribution in [3.8, 4) is 0 Å². The zero-order valence-electron chi connectivity index (χ0n) is 13.3. The summed E-state index contributed by atoms with van der Waals surface area (Å²) in [6.07, 6.45) is 0. The highest BCUT2D eigenvalue weighted by atomic mass is 19.1. The van der Waals surface area contributed by atoms with Crippen LogP contribution in [0.2, 0.25) is 0 Å². The van der Waals surface area contributed by atoms with Gasteiger partial charge in [0, 0.05) is 23.5 Å². The number of rotatable bonds is 5. The highest BCUT2D eigenvalue weighted by molar-refractivity contribution is 6.04. The van der Waals surface area contributed by atoms with Crippen LogP contribution in [-0.4, -0.2) is 5.91 Å². The molecular formula is C20H16F2N2O. The minimum Gasteiger partial charge on any atom is -0.381 e. The largest absolute Gasteiger partial charge is 0.381 e. The first-order valence-electron chi connectivity index (χ1n) is 7.77. The fourth-order valence-corrected chi connectivity index (χ4v) is 2.35. The fourth-order valence-electron chi connectivity index (χ4n) is 2.35. The van der Waals surface area contributed by atoms with Crippen molar-refractivity contribution in [1.29, 1.82) is 0 Å². The zero-order valence-corrected chi connectivity index (χ0v) is 13.3. The van der Waals surface area contributed by atoms with Gasteiger partial charge in [-0.2, -0.15) is 0 Å². The van der Waals surface area contributed by atoms with Crippen LogP contribution in [-0.2, 0) is 6.54 Å². The molecule has 126 valence electrons. The zero-order chi connectivity index (χ0) is 17.6. The monoisotopic (exact) mass is 338 g/mol. The van der Waals surface area contributed by atoms with Crippen LogP contribution < -0.4 is 10.6 Å². The van der Waals surface area contributed by atoms with Gasteiger partial charge in [0.05, 0.1) is 5.56 Å². The van der Waals surface area contributed by atoms with Crippen molar-refractivity contribution in [3.63, 3.8) is 0 Å². The van der Waals surface area contributed by atoms with Crippen LogP contribution in [0.4, 0.5) is 20.2 Å². The number of anilines is 2. The third kappa shape index (κ3) is 4.20. The Morgan fingerprint density at radius 2 is 1.36 bits per heavy atom. The minimum absolute atomic E-state index is 0.00995. The van der Waals surface area contributed by atoms with E-state index in [0.717, 1.165) is 5.69 Å². The molecule has 0 aliphatic heterocycles. The van der Waals surface area contributed by atoms with Crippen LogP contribution in [0.1, 0.15) is 15.9 Å². The Kier molecular flexibility index (Phi) is 5.04. The summed E-state index contributed by atoms with van der Waals surface area (Å²) in [5.74, 6) is -1.34.